The predicted molar refractivity (Wildman–Crippen MR) is 77.7 cm³/mol. The number of aliphatic carboxylic acids is 1. The number of hydrogen-bond donors (Lipinski definition) is 2. The average Bonchev–Trinajstić information content (AvgIpc) is 2.44. The van der Waals surface area contributed by atoms with Crippen molar-refractivity contribution in [2.24, 2.45) is 5.92 Å². The second-order valence-electron chi connectivity index (χ2n) is 5.12. The number of amides is 2. The van der Waals surface area contributed by atoms with Gasteiger partial charge in [0.05, 0.1) is 0 Å². The summed E-state index contributed by atoms with van der Waals surface area (Å²) in [5, 5.41) is 10.8. The zero-order valence-electron chi connectivity index (χ0n) is 12.4. The van der Waals surface area contributed by atoms with E-state index in [1.165, 1.54) is 0 Å². The fraction of sp³-hybridized carbons (Fsp3) is 0.400. The van der Waals surface area contributed by atoms with E-state index in [1.54, 1.807) is 36.2 Å². The molecule has 0 unspecified atom stereocenters. The molecule has 1 aromatic rings. The van der Waals surface area contributed by atoms with Crippen LogP contribution in [0.4, 0.5) is 0 Å². The van der Waals surface area contributed by atoms with Crippen LogP contribution in [0.3, 0.4) is 0 Å². The van der Waals surface area contributed by atoms with Crippen molar-refractivity contribution >= 4 is 17.8 Å². The molecule has 1 aromatic carbocycles. The van der Waals surface area contributed by atoms with Crippen molar-refractivity contribution in [1.82, 2.24) is 10.2 Å². The third-order valence-corrected chi connectivity index (χ3v) is 2.91. The molecule has 0 saturated carbocycles. The third kappa shape index (κ3) is 5.25. The van der Waals surface area contributed by atoms with E-state index in [4.69, 9.17) is 5.11 Å². The second-order valence-corrected chi connectivity index (χ2v) is 5.12. The van der Waals surface area contributed by atoms with Crippen LogP contribution in [0.1, 0.15) is 29.8 Å². The number of benzene rings is 1. The highest BCUT2D eigenvalue weighted by molar-refractivity contribution is 5.95. The molecule has 6 heteroatoms. The van der Waals surface area contributed by atoms with E-state index in [0.717, 1.165) is 5.56 Å². The highest BCUT2D eigenvalue weighted by atomic mass is 16.4. The standard InChI is InChI=1S/C15H20N2O4/c1-10(2)15(21)17(3)9-11-4-6-12(7-5-11)14(20)16-8-13(18)19/h4-7,10H,8-9H2,1-3H3,(H,16,20)(H,18,19). The van der Waals surface area contributed by atoms with Crippen LogP contribution in [0.5, 0.6) is 0 Å². The molecule has 0 atom stereocenters. The SMILES string of the molecule is CC(C)C(=O)N(C)Cc1ccc(C(=O)NCC(=O)O)cc1. The van der Waals surface area contributed by atoms with Crippen molar-refractivity contribution in [3.63, 3.8) is 0 Å². The molecule has 114 valence electrons. The van der Waals surface area contributed by atoms with Gasteiger partial charge in [-0.3, -0.25) is 14.4 Å². The van der Waals surface area contributed by atoms with Crippen LogP contribution in [0.2, 0.25) is 0 Å². The number of carbonyl (C=O) groups is 3. The average molecular weight is 292 g/mol. The summed E-state index contributed by atoms with van der Waals surface area (Å²) in [5.41, 5.74) is 1.29. The van der Waals surface area contributed by atoms with Crippen LogP contribution in [0, 0.1) is 5.92 Å². The van der Waals surface area contributed by atoms with Crippen LogP contribution in [-0.2, 0) is 16.1 Å². The number of nitrogens with one attached hydrogen (secondary N) is 1. The van der Waals surface area contributed by atoms with Crippen LogP contribution in [0.25, 0.3) is 0 Å². The molecule has 6 nitrogen and oxygen atoms in total. The molecular formula is C15H20N2O4. The van der Waals surface area contributed by atoms with E-state index < -0.39 is 18.4 Å². The molecule has 0 aliphatic rings. The summed E-state index contributed by atoms with van der Waals surface area (Å²) in [4.78, 5) is 35.4. The number of carbonyl (C=O) groups excluding carboxylic acids is 2. The van der Waals surface area contributed by atoms with Crippen LogP contribution in [-0.4, -0.2) is 41.4 Å². The number of hydrogen-bond acceptors (Lipinski definition) is 3. The molecular weight excluding hydrogens is 272 g/mol. The molecule has 0 aromatic heterocycles. The van der Waals surface area contributed by atoms with Crippen molar-refractivity contribution in [3.05, 3.63) is 35.4 Å². The van der Waals surface area contributed by atoms with E-state index in [1.807, 2.05) is 13.8 Å². The molecule has 0 radical (unpaired) electrons. The van der Waals surface area contributed by atoms with Gasteiger partial charge in [0, 0.05) is 25.1 Å². The molecule has 0 spiro atoms. The molecule has 0 saturated heterocycles. The van der Waals surface area contributed by atoms with Gasteiger partial charge in [0.15, 0.2) is 0 Å². The summed E-state index contributed by atoms with van der Waals surface area (Å²) < 4.78 is 0. The first kappa shape index (κ1) is 16.7. The van der Waals surface area contributed by atoms with Gasteiger partial charge in [0.2, 0.25) is 5.91 Å². The Morgan fingerprint density at radius 3 is 2.24 bits per heavy atom. The summed E-state index contributed by atoms with van der Waals surface area (Å²) in [6.07, 6.45) is 0. The van der Waals surface area contributed by atoms with Gasteiger partial charge in [0.1, 0.15) is 6.54 Å². The van der Waals surface area contributed by atoms with E-state index in [9.17, 15) is 14.4 Å². The molecule has 0 aliphatic heterocycles. The zero-order chi connectivity index (χ0) is 16.0. The molecule has 1 rings (SSSR count). The van der Waals surface area contributed by atoms with Gasteiger partial charge < -0.3 is 15.3 Å². The first-order valence-electron chi connectivity index (χ1n) is 6.65. The Bertz CT molecular complexity index is 523. The fourth-order valence-corrected chi connectivity index (χ4v) is 1.81. The summed E-state index contributed by atoms with van der Waals surface area (Å²) in [6, 6.07) is 6.72. The van der Waals surface area contributed by atoms with Crippen molar-refractivity contribution in [3.8, 4) is 0 Å². The van der Waals surface area contributed by atoms with Gasteiger partial charge in [0.25, 0.3) is 5.91 Å². The summed E-state index contributed by atoms with van der Waals surface area (Å²) in [7, 11) is 1.73. The normalized spacial score (nSPS) is 10.3. The Kier molecular flexibility index (Phi) is 5.90. The Hall–Kier alpha value is -2.37. The first-order valence-corrected chi connectivity index (χ1v) is 6.65. The second kappa shape index (κ2) is 7.42. The molecule has 2 N–H and O–H groups in total. The topological polar surface area (TPSA) is 86.7 Å². The molecule has 21 heavy (non-hydrogen) atoms. The predicted octanol–water partition coefficient (Wildman–Crippen LogP) is 1.12. The third-order valence-electron chi connectivity index (χ3n) is 2.91. The van der Waals surface area contributed by atoms with E-state index in [0.29, 0.717) is 12.1 Å². The lowest BCUT2D eigenvalue weighted by atomic mass is 10.1. The van der Waals surface area contributed by atoms with Crippen molar-refractivity contribution in [2.45, 2.75) is 20.4 Å². The minimum absolute atomic E-state index is 0.0540. The molecule has 2 amide bonds. The highest BCUT2D eigenvalue weighted by Gasteiger charge is 2.13. The lowest BCUT2D eigenvalue weighted by Gasteiger charge is -2.19. The molecule has 0 aliphatic carbocycles. The molecule has 0 fully saturated rings. The Morgan fingerprint density at radius 2 is 1.76 bits per heavy atom. The Balaban J connectivity index is 2.63. The largest absolute Gasteiger partial charge is 0.480 e. The molecule has 0 heterocycles. The van der Waals surface area contributed by atoms with Crippen LogP contribution < -0.4 is 5.32 Å². The van der Waals surface area contributed by atoms with E-state index >= 15 is 0 Å². The van der Waals surface area contributed by atoms with Crippen molar-refractivity contribution < 1.29 is 19.5 Å². The van der Waals surface area contributed by atoms with E-state index in [2.05, 4.69) is 5.32 Å². The Labute approximate surface area is 123 Å². The summed E-state index contributed by atoms with van der Waals surface area (Å²) >= 11 is 0. The van der Waals surface area contributed by atoms with Crippen molar-refractivity contribution in [2.75, 3.05) is 13.6 Å². The van der Waals surface area contributed by atoms with Gasteiger partial charge >= 0.3 is 5.97 Å². The fourth-order valence-electron chi connectivity index (χ4n) is 1.81. The lowest BCUT2D eigenvalue weighted by molar-refractivity contribution is -0.136. The number of nitrogens with zero attached hydrogens (tertiary/aromatic N) is 1. The van der Waals surface area contributed by atoms with Crippen LogP contribution >= 0.6 is 0 Å². The highest BCUT2D eigenvalue weighted by Crippen LogP contribution is 2.09. The minimum Gasteiger partial charge on any atom is -0.480 e. The number of carboxylic acids is 1. The monoisotopic (exact) mass is 292 g/mol. The zero-order valence-corrected chi connectivity index (χ0v) is 12.4. The summed E-state index contributed by atoms with van der Waals surface area (Å²) in [5.74, 6) is -1.53. The molecule has 0 bridgehead atoms. The maximum atomic E-state index is 11.8. The van der Waals surface area contributed by atoms with Gasteiger partial charge in [-0.25, -0.2) is 0 Å². The number of rotatable bonds is 6. The van der Waals surface area contributed by atoms with Gasteiger partial charge in [-0.05, 0) is 17.7 Å². The minimum atomic E-state index is -1.09. The van der Waals surface area contributed by atoms with Gasteiger partial charge in [-0.1, -0.05) is 26.0 Å². The van der Waals surface area contributed by atoms with Crippen molar-refractivity contribution in [1.29, 1.82) is 0 Å². The Morgan fingerprint density at radius 1 is 1.19 bits per heavy atom. The van der Waals surface area contributed by atoms with Gasteiger partial charge in [-0.2, -0.15) is 0 Å². The van der Waals surface area contributed by atoms with Gasteiger partial charge in [-0.15, -0.1) is 0 Å². The smallest absolute Gasteiger partial charge is 0.322 e. The number of carboxylic acid groups (broad SMARTS) is 1. The quantitative estimate of drug-likeness (QED) is 0.822. The van der Waals surface area contributed by atoms with Crippen LogP contribution in [0.15, 0.2) is 24.3 Å². The lowest BCUT2D eigenvalue weighted by Crippen LogP contribution is -2.30. The maximum Gasteiger partial charge on any atom is 0.322 e. The maximum absolute atomic E-state index is 11.8. The summed E-state index contributed by atoms with van der Waals surface area (Å²) in [6.45, 7) is 3.74. The first-order chi connectivity index (χ1) is 9.81. The van der Waals surface area contributed by atoms with E-state index in [-0.39, 0.29) is 11.8 Å².